The zero-order valence-corrected chi connectivity index (χ0v) is 33.9. The van der Waals surface area contributed by atoms with Gasteiger partial charge in [0, 0.05) is 13.1 Å². The van der Waals surface area contributed by atoms with Gasteiger partial charge in [0.2, 0.25) is 0 Å². The molecule has 1 aliphatic rings. The van der Waals surface area contributed by atoms with Crippen LogP contribution in [0.15, 0.2) is 67.0 Å². The molecule has 13 heteroatoms. The first-order valence-corrected chi connectivity index (χ1v) is 20.8. The fraction of sp³-hybridized carbons (Fsp3) is 0.381. The van der Waals surface area contributed by atoms with Crippen molar-refractivity contribution in [2.24, 2.45) is 5.92 Å². The monoisotopic (exact) mass is 830 g/mol. The van der Waals surface area contributed by atoms with E-state index >= 15 is 0 Å². The van der Waals surface area contributed by atoms with Crippen LogP contribution < -0.4 is 14.2 Å². The minimum atomic E-state index is -1.25. The van der Waals surface area contributed by atoms with Crippen molar-refractivity contribution in [3.05, 3.63) is 105 Å². The molecular formula is C42H46AsClN3O8. The summed E-state index contributed by atoms with van der Waals surface area (Å²) in [5.74, 6) is -0.412. The van der Waals surface area contributed by atoms with Gasteiger partial charge in [0.25, 0.3) is 0 Å². The molecule has 2 atom stereocenters. The number of hydrogen-bond acceptors (Lipinski definition) is 9. The quantitative estimate of drug-likeness (QED) is 0.0695. The Kier molecular flexibility index (Phi) is 14.6. The Bertz CT molecular complexity index is 2040. The molecule has 11 nitrogen and oxygen atoms in total. The summed E-state index contributed by atoms with van der Waals surface area (Å²) < 4.78 is 17.5. The summed E-state index contributed by atoms with van der Waals surface area (Å²) in [6.07, 6.45) is 5.52. The molecule has 3 aromatic carbocycles. The molecule has 1 aromatic heterocycles. The number of aromatic nitrogens is 1. The third-order valence-corrected chi connectivity index (χ3v) is 13.4. The maximum atomic E-state index is 11.9. The molecule has 1 aliphatic heterocycles. The van der Waals surface area contributed by atoms with Crippen LogP contribution in [-0.2, 0) is 28.0 Å². The third kappa shape index (κ3) is 10.8. The van der Waals surface area contributed by atoms with E-state index in [2.05, 4.69) is 35.0 Å². The molecule has 0 saturated carbocycles. The summed E-state index contributed by atoms with van der Waals surface area (Å²) in [5.41, 5.74) is 6.89. The Balaban J connectivity index is 1.29. The molecule has 0 unspecified atom stereocenters. The van der Waals surface area contributed by atoms with E-state index in [9.17, 15) is 30.2 Å². The number of aliphatic hydroxyl groups excluding tert-OH is 1. The summed E-state index contributed by atoms with van der Waals surface area (Å²) in [4.78, 5) is 29.7. The van der Waals surface area contributed by atoms with Gasteiger partial charge in [-0.15, -0.1) is 0 Å². The van der Waals surface area contributed by atoms with E-state index in [0.29, 0.717) is 51.6 Å². The van der Waals surface area contributed by atoms with Gasteiger partial charge in [-0.1, -0.05) is 6.07 Å². The number of nitrogens with zero attached hydrogens (tertiary/aromatic N) is 3. The topological polar surface area (TPSA) is 162 Å². The van der Waals surface area contributed by atoms with Crippen molar-refractivity contribution in [2.75, 3.05) is 32.8 Å². The number of aliphatic carboxylic acids is 2. The fourth-order valence-electron chi connectivity index (χ4n) is 6.46. The number of aliphatic hydroxyl groups is 1. The Morgan fingerprint density at radius 2 is 1.73 bits per heavy atom. The van der Waals surface area contributed by atoms with E-state index in [0.717, 1.165) is 65.9 Å². The molecule has 0 amide bonds. The number of rotatable bonds is 18. The average molecular weight is 831 g/mol. The smallest absolute Gasteiger partial charge is 0.493 e. The van der Waals surface area contributed by atoms with Gasteiger partial charge in [-0.3, -0.25) is 4.79 Å². The van der Waals surface area contributed by atoms with Gasteiger partial charge in [0.15, 0.2) is 0 Å². The van der Waals surface area contributed by atoms with Gasteiger partial charge in [0.1, 0.15) is 5.75 Å². The molecule has 289 valence electrons. The van der Waals surface area contributed by atoms with E-state index in [4.69, 9.17) is 25.8 Å². The van der Waals surface area contributed by atoms with E-state index in [1.165, 1.54) is 13.1 Å². The number of pyridine rings is 1. The first-order chi connectivity index (χ1) is 26.4. The number of carboxylic acids is 2. The van der Waals surface area contributed by atoms with Crippen LogP contribution in [0.3, 0.4) is 0 Å². The summed E-state index contributed by atoms with van der Waals surface area (Å²) in [5, 5.41) is 39.0. The van der Waals surface area contributed by atoms with Crippen LogP contribution in [-0.4, -0.2) is 85.7 Å². The molecule has 1 fully saturated rings. The van der Waals surface area contributed by atoms with Crippen LogP contribution in [0.2, 0.25) is 9.23 Å². The van der Waals surface area contributed by atoms with Crippen LogP contribution in [0.1, 0.15) is 59.6 Å². The molecule has 0 spiro atoms. The van der Waals surface area contributed by atoms with E-state index in [1.54, 1.807) is 24.4 Å². The summed E-state index contributed by atoms with van der Waals surface area (Å²) in [7, 11) is 0. The number of carboxylic acid groups (broad SMARTS) is 2. The molecular weight excluding hydrogens is 785 g/mol. The van der Waals surface area contributed by atoms with Crippen molar-refractivity contribution >= 4 is 39.3 Å². The first kappa shape index (κ1) is 41.6. The van der Waals surface area contributed by atoms with Gasteiger partial charge in [-0.05, 0) is 38.8 Å². The van der Waals surface area contributed by atoms with Crippen LogP contribution in [0, 0.1) is 31.1 Å². The summed E-state index contributed by atoms with van der Waals surface area (Å²) in [6, 6.07) is 19.3. The summed E-state index contributed by atoms with van der Waals surface area (Å²) in [6.45, 7) is 8.32. The van der Waals surface area contributed by atoms with Crippen molar-refractivity contribution in [1.82, 2.24) is 9.88 Å². The van der Waals surface area contributed by atoms with Crippen LogP contribution in [0.4, 0.5) is 0 Å². The second-order valence-corrected chi connectivity index (χ2v) is 17.7. The molecule has 2 heterocycles. The van der Waals surface area contributed by atoms with Gasteiger partial charge < -0.3 is 14.7 Å². The molecule has 0 aliphatic carbocycles. The molecule has 4 aromatic rings. The number of likely N-dealkylation sites (tertiary alicyclic amines) is 1. The fourth-order valence-corrected chi connectivity index (χ4v) is 8.80. The standard InChI is InChI=1S/C42H46AsClN3O8/c1-27-32(8-4-10-34(27)35-11-5-12-37(28(35)2)53-15-7-14-47-13-6-9-31(23-47)40(49)50)25-55-39-18-38(54-24-30-16-29(20-45)21-46-22-30)33(17-36(39)44)19-43-42(3,26-48)41(51)52/h4-5,8,10-12,16-18,21-22,31,48H,6-7,9,13-15,19,23-26H2,1-3H3,(H,49,50)(H,51,52)/t31-,42-/m0/s1. The van der Waals surface area contributed by atoms with E-state index < -0.39 is 38.5 Å². The minimum absolute atomic E-state index is 0.109. The normalized spacial score (nSPS) is 15.7. The van der Waals surface area contributed by atoms with Crippen molar-refractivity contribution in [3.63, 3.8) is 0 Å². The van der Waals surface area contributed by atoms with Crippen molar-refractivity contribution in [3.8, 4) is 34.4 Å². The number of carbonyl (C=O) groups is 2. The van der Waals surface area contributed by atoms with Crippen LogP contribution >= 0.6 is 11.6 Å². The van der Waals surface area contributed by atoms with Gasteiger partial charge in [-0.25, -0.2) is 0 Å². The van der Waals surface area contributed by atoms with Crippen LogP contribution in [0.5, 0.6) is 17.2 Å². The SMILES string of the molecule is Cc1c(COc2cc(OCc3cncc(C#N)c3)c(C[As][C@@](C)(CO)C(=O)O)cc2Cl)cccc1-c1cccc(OCCCN2CCC[C@H](C(=O)O)C2)c1C. The zero-order valence-electron chi connectivity index (χ0n) is 31.3. The maximum absolute atomic E-state index is 11.9. The Morgan fingerprint density at radius 1 is 0.982 bits per heavy atom. The first-order valence-electron chi connectivity index (χ1n) is 18.1. The van der Waals surface area contributed by atoms with Crippen molar-refractivity contribution < 1.29 is 39.1 Å². The third-order valence-electron chi connectivity index (χ3n) is 9.93. The van der Waals surface area contributed by atoms with E-state index in [-0.39, 0.29) is 19.1 Å². The van der Waals surface area contributed by atoms with Crippen molar-refractivity contribution in [2.45, 2.75) is 62.7 Å². The van der Waals surface area contributed by atoms with E-state index in [1.807, 2.05) is 31.2 Å². The van der Waals surface area contributed by atoms with Crippen LogP contribution in [0.25, 0.3) is 11.1 Å². The number of halogens is 1. The predicted octanol–water partition coefficient (Wildman–Crippen LogP) is 7.07. The molecule has 0 bridgehead atoms. The minimum Gasteiger partial charge on any atom is -0.493 e. The molecule has 1 saturated heterocycles. The number of hydrogen-bond donors (Lipinski definition) is 3. The second kappa shape index (κ2) is 19.3. The number of benzene rings is 3. The Labute approximate surface area is 333 Å². The van der Waals surface area contributed by atoms with Gasteiger partial charge in [0.05, 0.1) is 12.5 Å². The Morgan fingerprint density at radius 3 is 2.45 bits per heavy atom. The van der Waals surface area contributed by atoms with Gasteiger partial charge in [-0.2, -0.15) is 0 Å². The predicted molar refractivity (Wildman–Crippen MR) is 210 cm³/mol. The molecule has 1 radical (unpaired) electrons. The number of piperidine rings is 1. The average Bonchev–Trinajstić information content (AvgIpc) is 3.19. The second-order valence-electron chi connectivity index (χ2n) is 13.9. The Hall–Kier alpha value is -4.59. The van der Waals surface area contributed by atoms with Gasteiger partial charge >= 0.3 is 239 Å². The molecule has 55 heavy (non-hydrogen) atoms. The number of ether oxygens (including phenoxy) is 3. The number of nitriles is 1. The summed E-state index contributed by atoms with van der Waals surface area (Å²) >= 11 is 5.88. The molecule has 5 rings (SSSR count). The zero-order chi connectivity index (χ0) is 39.5. The molecule has 3 N–H and O–H groups in total. The van der Waals surface area contributed by atoms with Crippen molar-refractivity contribution in [1.29, 1.82) is 5.26 Å².